The number of hydrogen-bond acceptors (Lipinski definition) is 4. The summed E-state index contributed by atoms with van der Waals surface area (Å²) >= 11 is 0. The largest absolute Gasteiger partial charge is 0.314 e. The molecule has 1 N–H and O–H groups in total. The Morgan fingerprint density at radius 1 is 1.04 bits per heavy atom. The zero-order chi connectivity index (χ0) is 16.6. The van der Waals surface area contributed by atoms with Crippen molar-refractivity contribution in [3.05, 3.63) is 28.8 Å². The van der Waals surface area contributed by atoms with Crippen LogP contribution in [0.15, 0.2) is 17.0 Å². The molecule has 0 aromatic heterocycles. The van der Waals surface area contributed by atoms with E-state index < -0.39 is 10.0 Å². The molecule has 3 rings (SSSR count). The normalized spacial score (nSPS) is 23.2. The number of nitrogens with zero attached hydrogens (tertiary/aromatic N) is 2. The third-order valence-electron chi connectivity index (χ3n) is 5.00. The van der Waals surface area contributed by atoms with Gasteiger partial charge in [-0.2, -0.15) is 4.31 Å². The molecule has 1 atom stereocenters. The fourth-order valence-corrected chi connectivity index (χ4v) is 5.88. The van der Waals surface area contributed by atoms with E-state index in [9.17, 15) is 8.42 Å². The SMILES string of the molecule is Cc1cc(C)c(S(=O)(=O)N2CCC(N3CCNCC3)C2)c(C)c1.Cl. The summed E-state index contributed by atoms with van der Waals surface area (Å²) < 4.78 is 27.9. The lowest BCUT2D eigenvalue weighted by atomic mass is 10.1. The molecule has 2 saturated heterocycles. The van der Waals surface area contributed by atoms with Gasteiger partial charge in [0.05, 0.1) is 4.90 Å². The van der Waals surface area contributed by atoms with Crippen molar-refractivity contribution >= 4 is 22.4 Å². The van der Waals surface area contributed by atoms with Crippen LogP contribution < -0.4 is 5.32 Å². The summed E-state index contributed by atoms with van der Waals surface area (Å²) in [5.74, 6) is 0. The van der Waals surface area contributed by atoms with Crippen LogP contribution in [0.5, 0.6) is 0 Å². The molecule has 2 aliphatic rings. The predicted octanol–water partition coefficient (Wildman–Crippen LogP) is 1.70. The van der Waals surface area contributed by atoms with E-state index in [4.69, 9.17) is 0 Å². The van der Waals surface area contributed by atoms with Gasteiger partial charge in [-0.1, -0.05) is 17.7 Å². The van der Waals surface area contributed by atoms with Gasteiger partial charge in [-0.05, 0) is 38.3 Å². The highest BCUT2D eigenvalue weighted by Gasteiger charge is 2.36. The van der Waals surface area contributed by atoms with Crippen LogP contribution in [0.1, 0.15) is 23.1 Å². The van der Waals surface area contributed by atoms with Crippen molar-refractivity contribution in [1.82, 2.24) is 14.5 Å². The maximum Gasteiger partial charge on any atom is 0.243 e. The highest BCUT2D eigenvalue weighted by molar-refractivity contribution is 7.89. The van der Waals surface area contributed by atoms with Gasteiger partial charge in [0.25, 0.3) is 0 Å². The Balaban J connectivity index is 0.00000208. The Morgan fingerprint density at radius 2 is 1.62 bits per heavy atom. The monoisotopic (exact) mass is 373 g/mol. The number of halogens is 1. The van der Waals surface area contributed by atoms with Crippen molar-refractivity contribution in [1.29, 1.82) is 0 Å². The summed E-state index contributed by atoms with van der Waals surface area (Å²) in [5.41, 5.74) is 2.82. The zero-order valence-electron chi connectivity index (χ0n) is 14.7. The van der Waals surface area contributed by atoms with Gasteiger partial charge in [-0.25, -0.2) is 8.42 Å². The van der Waals surface area contributed by atoms with Crippen molar-refractivity contribution in [2.24, 2.45) is 0 Å². The molecule has 2 heterocycles. The van der Waals surface area contributed by atoms with Gasteiger partial charge < -0.3 is 5.32 Å². The molecule has 1 aromatic rings. The second-order valence-corrected chi connectivity index (χ2v) is 8.69. The molecule has 2 aliphatic heterocycles. The van der Waals surface area contributed by atoms with E-state index in [0.29, 0.717) is 24.0 Å². The van der Waals surface area contributed by atoms with Crippen LogP contribution in [0.3, 0.4) is 0 Å². The van der Waals surface area contributed by atoms with Crippen LogP contribution >= 0.6 is 12.4 Å². The lowest BCUT2D eigenvalue weighted by molar-refractivity contribution is 0.179. The fraction of sp³-hybridized carbons (Fsp3) is 0.647. The van der Waals surface area contributed by atoms with Gasteiger partial charge in [0.15, 0.2) is 0 Å². The van der Waals surface area contributed by atoms with Crippen LogP contribution in [-0.4, -0.2) is 62.9 Å². The van der Waals surface area contributed by atoms with Crippen LogP contribution in [0.2, 0.25) is 0 Å². The van der Waals surface area contributed by atoms with Crippen molar-refractivity contribution in [2.75, 3.05) is 39.3 Å². The molecule has 7 heteroatoms. The third-order valence-corrected chi connectivity index (χ3v) is 7.17. The number of aryl methyl sites for hydroxylation is 3. The minimum Gasteiger partial charge on any atom is -0.314 e. The number of nitrogens with one attached hydrogen (secondary N) is 1. The minimum atomic E-state index is -3.40. The molecule has 136 valence electrons. The summed E-state index contributed by atoms with van der Waals surface area (Å²) in [7, 11) is -3.40. The van der Waals surface area contributed by atoms with E-state index in [1.54, 1.807) is 4.31 Å². The number of piperazine rings is 1. The topological polar surface area (TPSA) is 52.7 Å². The Bertz CT molecular complexity index is 664. The van der Waals surface area contributed by atoms with E-state index in [1.165, 1.54) is 0 Å². The molecule has 0 saturated carbocycles. The second-order valence-electron chi connectivity index (χ2n) is 6.82. The summed E-state index contributed by atoms with van der Waals surface area (Å²) in [5, 5.41) is 3.35. The van der Waals surface area contributed by atoms with Gasteiger partial charge in [0.2, 0.25) is 10.0 Å². The van der Waals surface area contributed by atoms with Crippen molar-refractivity contribution < 1.29 is 8.42 Å². The van der Waals surface area contributed by atoms with Crippen LogP contribution in [0.4, 0.5) is 0 Å². The number of sulfonamides is 1. The Labute approximate surface area is 151 Å². The van der Waals surface area contributed by atoms with Crippen LogP contribution in [0.25, 0.3) is 0 Å². The fourth-order valence-electron chi connectivity index (χ4n) is 3.98. The summed E-state index contributed by atoms with van der Waals surface area (Å²) in [6, 6.07) is 4.28. The molecule has 0 aliphatic carbocycles. The van der Waals surface area contributed by atoms with E-state index in [0.717, 1.165) is 49.3 Å². The van der Waals surface area contributed by atoms with Crippen molar-refractivity contribution in [2.45, 2.75) is 38.1 Å². The third kappa shape index (κ3) is 3.78. The van der Waals surface area contributed by atoms with Gasteiger partial charge in [-0.15, -0.1) is 12.4 Å². The van der Waals surface area contributed by atoms with Crippen molar-refractivity contribution in [3.8, 4) is 0 Å². The first-order chi connectivity index (χ1) is 10.9. The summed E-state index contributed by atoms with van der Waals surface area (Å²) in [6.45, 7) is 11.1. The molecule has 24 heavy (non-hydrogen) atoms. The Hall–Kier alpha value is -0.660. The maximum atomic E-state index is 13.1. The first-order valence-corrected chi connectivity index (χ1v) is 9.86. The number of benzene rings is 1. The van der Waals surface area contributed by atoms with Gasteiger partial charge in [0, 0.05) is 45.3 Å². The molecule has 2 fully saturated rings. The van der Waals surface area contributed by atoms with Gasteiger partial charge >= 0.3 is 0 Å². The highest BCUT2D eigenvalue weighted by atomic mass is 35.5. The minimum absolute atomic E-state index is 0. The highest BCUT2D eigenvalue weighted by Crippen LogP contribution is 2.28. The van der Waals surface area contributed by atoms with E-state index >= 15 is 0 Å². The molecule has 0 amide bonds. The first-order valence-electron chi connectivity index (χ1n) is 8.42. The predicted molar refractivity (Wildman–Crippen MR) is 99.5 cm³/mol. The second kappa shape index (κ2) is 7.70. The maximum absolute atomic E-state index is 13.1. The standard InChI is InChI=1S/C17H27N3O2S.ClH/c1-13-10-14(2)17(15(3)11-13)23(21,22)20-7-4-16(12-20)19-8-5-18-6-9-19;/h10-11,16,18H,4-9,12H2,1-3H3;1H. The zero-order valence-corrected chi connectivity index (χ0v) is 16.3. The molecule has 0 radical (unpaired) electrons. The molecule has 0 spiro atoms. The van der Waals surface area contributed by atoms with Gasteiger partial charge in [0.1, 0.15) is 0 Å². The molecular formula is C17H28ClN3O2S. The van der Waals surface area contributed by atoms with Crippen LogP contribution in [0, 0.1) is 20.8 Å². The molecule has 1 unspecified atom stereocenters. The van der Waals surface area contributed by atoms with E-state index in [2.05, 4.69) is 10.2 Å². The smallest absolute Gasteiger partial charge is 0.243 e. The quantitative estimate of drug-likeness (QED) is 0.876. The molecule has 0 bridgehead atoms. The summed E-state index contributed by atoms with van der Waals surface area (Å²) in [4.78, 5) is 2.94. The first kappa shape index (κ1) is 19.7. The Kier molecular flexibility index (Phi) is 6.31. The molecular weight excluding hydrogens is 346 g/mol. The lowest BCUT2D eigenvalue weighted by Gasteiger charge is -2.32. The summed E-state index contributed by atoms with van der Waals surface area (Å²) in [6.07, 6.45) is 0.934. The van der Waals surface area contributed by atoms with Crippen LogP contribution in [-0.2, 0) is 10.0 Å². The lowest BCUT2D eigenvalue weighted by Crippen LogP contribution is -2.49. The number of hydrogen-bond donors (Lipinski definition) is 1. The van der Waals surface area contributed by atoms with Gasteiger partial charge in [-0.3, -0.25) is 4.90 Å². The average Bonchev–Trinajstić information content (AvgIpc) is 2.97. The number of rotatable bonds is 3. The van der Waals surface area contributed by atoms with E-state index in [1.807, 2.05) is 32.9 Å². The average molecular weight is 374 g/mol. The molecule has 5 nitrogen and oxygen atoms in total. The Morgan fingerprint density at radius 3 is 2.21 bits per heavy atom. The van der Waals surface area contributed by atoms with Crippen molar-refractivity contribution in [3.63, 3.8) is 0 Å². The molecule has 1 aromatic carbocycles. The van der Waals surface area contributed by atoms with E-state index in [-0.39, 0.29) is 12.4 Å².